The van der Waals surface area contributed by atoms with Gasteiger partial charge in [0.2, 0.25) is 0 Å². The molecular formula is C25H25FN4OS. The van der Waals surface area contributed by atoms with Crippen LogP contribution in [0.4, 0.5) is 4.39 Å². The molecule has 1 fully saturated rings. The van der Waals surface area contributed by atoms with E-state index in [1.54, 1.807) is 6.07 Å². The number of thiazole rings is 1. The Kier molecular flexibility index (Phi) is 6.01. The van der Waals surface area contributed by atoms with Crippen molar-refractivity contribution >= 4 is 28.1 Å². The molecule has 1 amide bonds. The van der Waals surface area contributed by atoms with Crippen LogP contribution in [0.1, 0.15) is 39.5 Å². The first-order valence-corrected chi connectivity index (χ1v) is 11.8. The molecule has 1 saturated carbocycles. The number of para-hydroxylation sites is 1. The second kappa shape index (κ2) is 9.22. The summed E-state index contributed by atoms with van der Waals surface area (Å²) in [6.07, 6.45) is 4.98. The molecule has 1 aliphatic carbocycles. The third-order valence-electron chi connectivity index (χ3n) is 5.78. The molecule has 5 nitrogen and oxygen atoms in total. The van der Waals surface area contributed by atoms with Crippen LogP contribution in [0.25, 0.3) is 10.9 Å². The lowest BCUT2D eigenvalue weighted by atomic mass is 10.1. The molecule has 5 rings (SSSR count). The predicted octanol–water partition coefficient (Wildman–Crippen LogP) is 4.90. The van der Waals surface area contributed by atoms with E-state index in [1.807, 2.05) is 29.6 Å². The lowest BCUT2D eigenvalue weighted by molar-refractivity contribution is 0.0946. The molecule has 2 N–H and O–H groups in total. The summed E-state index contributed by atoms with van der Waals surface area (Å²) < 4.78 is 14.4. The number of aromatic nitrogens is 2. The minimum atomic E-state index is -0.201. The number of carbonyl (C=O) groups is 1. The highest BCUT2D eigenvalue weighted by atomic mass is 32.1. The fourth-order valence-electron chi connectivity index (χ4n) is 3.86. The van der Waals surface area contributed by atoms with Crippen LogP contribution in [0.3, 0.4) is 0 Å². The lowest BCUT2D eigenvalue weighted by Gasteiger charge is -2.21. The third-order valence-corrected chi connectivity index (χ3v) is 6.61. The zero-order valence-corrected chi connectivity index (χ0v) is 18.5. The molecule has 4 aromatic rings. The number of hydrogen-bond acceptors (Lipinski definition) is 4. The number of hydrogen-bond donors (Lipinski definition) is 2. The molecule has 2 aromatic heterocycles. The van der Waals surface area contributed by atoms with Crippen molar-refractivity contribution in [2.75, 3.05) is 6.54 Å². The molecule has 1 aliphatic rings. The summed E-state index contributed by atoms with van der Waals surface area (Å²) in [7, 11) is 0. The second-order valence-corrected chi connectivity index (χ2v) is 9.23. The molecule has 32 heavy (non-hydrogen) atoms. The summed E-state index contributed by atoms with van der Waals surface area (Å²) in [5.74, 6) is -0.303. The number of H-pyrrole nitrogens is 1. The van der Waals surface area contributed by atoms with Gasteiger partial charge < -0.3 is 10.3 Å². The van der Waals surface area contributed by atoms with Gasteiger partial charge in [-0.25, -0.2) is 9.37 Å². The highest BCUT2D eigenvalue weighted by Gasteiger charge is 2.25. The van der Waals surface area contributed by atoms with Crippen LogP contribution >= 0.6 is 11.3 Å². The van der Waals surface area contributed by atoms with Gasteiger partial charge in [0.25, 0.3) is 5.91 Å². The van der Waals surface area contributed by atoms with E-state index in [2.05, 4.69) is 38.5 Å². The van der Waals surface area contributed by atoms with Crippen molar-refractivity contribution in [2.45, 2.75) is 38.4 Å². The maximum absolute atomic E-state index is 14.4. The van der Waals surface area contributed by atoms with E-state index in [0.717, 1.165) is 36.3 Å². The van der Waals surface area contributed by atoms with Crippen LogP contribution in [0.5, 0.6) is 0 Å². The van der Waals surface area contributed by atoms with Crippen molar-refractivity contribution in [3.8, 4) is 0 Å². The van der Waals surface area contributed by atoms with Gasteiger partial charge in [0.05, 0.1) is 6.54 Å². The predicted molar refractivity (Wildman–Crippen MR) is 125 cm³/mol. The number of halogens is 1. The van der Waals surface area contributed by atoms with Gasteiger partial charge in [-0.2, -0.15) is 0 Å². The van der Waals surface area contributed by atoms with Gasteiger partial charge in [-0.3, -0.25) is 9.69 Å². The SMILES string of the molecule is O=C(NC1CC1)c1csc(CN(CCc2c[nH]c3ccccc23)Cc2ccccc2F)n1. The standard InChI is InChI=1S/C25H25FN4OS/c26-21-7-3-1-5-18(21)14-30(12-11-17-13-27-22-8-4-2-6-20(17)22)15-24-29-23(16-32-24)25(31)28-19-9-10-19/h1-8,13,16,19,27H,9-12,14-15H2,(H,28,31). The Morgan fingerprint density at radius 1 is 1.12 bits per heavy atom. The Morgan fingerprint density at radius 3 is 2.78 bits per heavy atom. The van der Waals surface area contributed by atoms with Crippen molar-refractivity contribution < 1.29 is 9.18 Å². The fraction of sp³-hybridized carbons (Fsp3) is 0.280. The molecule has 0 spiro atoms. The number of nitrogens with zero attached hydrogens (tertiary/aromatic N) is 2. The van der Waals surface area contributed by atoms with E-state index in [0.29, 0.717) is 30.4 Å². The Labute approximate surface area is 190 Å². The van der Waals surface area contributed by atoms with Crippen molar-refractivity contribution in [1.29, 1.82) is 0 Å². The molecule has 164 valence electrons. The summed E-state index contributed by atoms with van der Waals surface area (Å²) in [5, 5.41) is 6.87. The molecule has 0 unspecified atom stereocenters. The minimum absolute atomic E-state index is 0.102. The highest BCUT2D eigenvalue weighted by Crippen LogP contribution is 2.22. The largest absolute Gasteiger partial charge is 0.361 e. The molecule has 0 aliphatic heterocycles. The van der Waals surface area contributed by atoms with Crippen LogP contribution in [0.2, 0.25) is 0 Å². The van der Waals surface area contributed by atoms with Gasteiger partial charge in [0.1, 0.15) is 16.5 Å². The first-order chi connectivity index (χ1) is 15.7. The van der Waals surface area contributed by atoms with Gasteiger partial charge in [-0.15, -0.1) is 11.3 Å². The number of rotatable bonds is 9. The second-order valence-electron chi connectivity index (χ2n) is 8.29. The average molecular weight is 449 g/mol. The summed E-state index contributed by atoms with van der Waals surface area (Å²) in [6, 6.07) is 15.4. The molecule has 7 heteroatoms. The number of fused-ring (bicyclic) bond motifs is 1. The zero-order chi connectivity index (χ0) is 21.9. The molecule has 0 radical (unpaired) electrons. The van der Waals surface area contributed by atoms with E-state index in [9.17, 15) is 9.18 Å². The van der Waals surface area contributed by atoms with E-state index in [4.69, 9.17) is 0 Å². The summed E-state index contributed by atoms with van der Waals surface area (Å²) in [4.78, 5) is 22.4. The van der Waals surface area contributed by atoms with Crippen molar-refractivity contribution in [3.05, 3.63) is 87.8 Å². The molecular weight excluding hydrogens is 423 g/mol. The fourth-order valence-corrected chi connectivity index (χ4v) is 4.68. The van der Waals surface area contributed by atoms with Gasteiger partial charge >= 0.3 is 0 Å². The van der Waals surface area contributed by atoms with Crippen LogP contribution < -0.4 is 5.32 Å². The Morgan fingerprint density at radius 2 is 1.94 bits per heavy atom. The van der Waals surface area contributed by atoms with Crippen molar-refractivity contribution in [3.63, 3.8) is 0 Å². The van der Waals surface area contributed by atoms with Gasteiger partial charge in [0, 0.05) is 47.2 Å². The van der Waals surface area contributed by atoms with E-state index in [1.165, 1.54) is 28.4 Å². The maximum atomic E-state index is 14.4. The molecule has 0 bridgehead atoms. The number of carbonyl (C=O) groups excluding carboxylic acids is 1. The first kappa shape index (κ1) is 20.8. The quantitative estimate of drug-likeness (QED) is 0.383. The maximum Gasteiger partial charge on any atom is 0.270 e. The number of aromatic amines is 1. The third kappa shape index (κ3) is 4.89. The number of amides is 1. The van der Waals surface area contributed by atoms with E-state index < -0.39 is 0 Å². The smallest absolute Gasteiger partial charge is 0.270 e. The molecule has 2 heterocycles. The Hall–Kier alpha value is -3.03. The topological polar surface area (TPSA) is 61.0 Å². The summed E-state index contributed by atoms with van der Waals surface area (Å²) in [6.45, 7) is 1.80. The normalized spacial score (nSPS) is 13.7. The van der Waals surface area contributed by atoms with Crippen LogP contribution in [-0.4, -0.2) is 33.4 Å². The monoisotopic (exact) mass is 448 g/mol. The first-order valence-electron chi connectivity index (χ1n) is 10.9. The Balaban J connectivity index is 1.31. The van der Waals surface area contributed by atoms with Crippen LogP contribution in [0.15, 0.2) is 60.1 Å². The van der Waals surface area contributed by atoms with E-state index in [-0.39, 0.29) is 11.7 Å². The van der Waals surface area contributed by atoms with Crippen LogP contribution in [0, 0.1) is 5.82 Å². The van der Waals surface area contributed by atoms with Crippen LogP contribution in [-0.2, 0) is 19.5 Å². The van der Waals surface area contributed by atoms with E-state index >= 15 is 0 Å². The average Bonchev–Trinajstić information content (AvgIpc) is 3.32. The molecule has 2 aromatic carbocycles. The molecule has 0 saturated heterocycles. The number of benzene rings is 2. The van der Waals surface area contributed by atoms with Gasteiger partial charge in [-0.1, -0.05) is 36.4 Å². The molecule has 0 atom stereocenters. The minimum Gasteiger partial charge on any atom is -0.361 e. The lowest BCUT2D eigenvalue weighted by Crippen LogP contribution is -2.27. The number of nitrogens with one attached hydrogen (secondary N) is 2. The highest BCUT2D eigenvalue weighted by molar-refractivity contribution is 7.09. The van der Waals surface area contributed by atoms with Crippen molar-refractivity contribution in [2.24, 2.45) is 0 Å². The zero-order valence-electron chi connectivity index (χ0n) is 17.7. The van der Waals surface area contributed by atoms with Gasteiger partial charge in [-0.05, 0) is 37.0 Å². The summed E-state index contributed by atoms with van der Waals surface area (Å²) >= 11 is 1.48. The van der Waals surface area contributed by atoms with Crippen molar-refractivity contribution in [1.82, 2.24) is 20.2 Å². The van der Waals surface area contributed by atoms with Gasteiger partial charge in [0.15, 0.2) is 0 Å². The Bertz CT molecular complexity index is 1230. The summed E-state index contributed by atoms with van der Waals surface area (Å²) in [5.41, 5.74) is 3.49.